The van der Waals surface area contributed by atoms with Crippen LogP contribution in [0.2, 0.25) is 0 Å². The fourth-order valence-electron chi connectivity index (χ4n) is 2.89. The van der Waals surface area contributed by atoms with Gasteiger partial charge in [-0.05, 0) is 44.4 Å². The Morgan fingerprint density at radius 1 is 1.30 bits per heavy atom. The van der Waals surface area contributed by atoms with Gasteiger partial charge in [0, 0.05) is 19.0 Å². The third-order valence-electron chi connectivity index (χ3n) is 4.31. The molecule has 1 aromatic heterocycles. The number of carbonyl (C=O) groups is 1. The van der Waals surface area contributed by atoms with Crippen molar-refractivity contribution in [2.75, 3.05) is 13.1 Å². The summed E-state index contributed by atoms with van der Waals surface area (Å²) >= 11 is 0. The minimum atomic E-state index is -0.0993. The van der Waals surface area contributed by atoms with Crippen molar-refractivity contribution in [2.45, 2.75) is 26.7 Å². The van der Waals surface area contributed by atoms with Crippen LogP contribution in [0.1, 0.15) is 34.6 Å². The first-order chi connectivity index (χ1) is 11.1. The van der Waals surface area contributed by atoms with Crippen molar-refractivity contribution in [1.29, 1.82) is 5.26 Å². The number of hydrogen-bond donors (Lipinski definition) is 0. The summed E-state index contributed by atoms with van der Waals surface area (Å²) < 4.78 is 1.70. The molecule has 1 aliphatic heterocycles. The molecule has 23 heavy (non-hydrogen) atoms. The highest BCUT2D eigenvalue weighted by Gasteiger charge is 2.27. The van der Waals surface area contributed by atoms with E-state index in [1.165, 1.54) is 0 Å². The number of nitrogens with zero attached hydrogens (tertiary/aromatic N) is 5. The summed E-state index contributed by atoms with van der Waals surface area (Å²) in [6.45, 7) is 5.08. The normalized spacial score (nSPS) is 15.4. The van der Waals surface area contributed by atoms with Crippen molar-refractivity contribution in [3.05, 3.63) is 41.2 Å². The third kappa shape index (κ3) is 2.95. The molecular weight excluding hydrogens is 290 g/mol. The average molecular weight is 309 g/mol. The van der Waals surface area contributed by atoms with E-state index in [-0.39, 0.29) is 11.8 Å². The minimum absolute atomic E-state index is 0.0584. The molecule has 1 saturated heterocycles. The molecule has 0 aliphatic carbocycles. The second-order valence-electron chi connectivity index (χ2n) is 5.97. The molecule has 0 N–H and O–H groups in total. The molecule has 1 aromatic carbocycles. The number of aryl methyl sites for hydroxylation is 1. The molecule has 3 rings (SSSR count). The van der Waals surface area contributed by atoms with Gasteiger partial charge in [0.05, 0.1) is 17.5 Å². The van der Waals surface area contributed by atoms with Gasteiger partial charge in [0.2, 0.25) is 0 Å². The zero-order chi connectivity index (χ0) is 16.4. The van der Waals surface area contributed by atoms with E-state index in [4.69, 9.17) is 5.26 Å². The van der Waals surface area contributed by atoms with Gasteiger partial charge in [-0.25, -0.2) is 4.68 Å². The smallest absolute Gasteiger partial charge is 0.276 e. The van der Waals surface area contributed by atoms with Gasteiger partial charge in [0.25, 0.3) is 5.91 Å². The second kappa shape index (κ2) is 6.21. The Labute approximate surface area is 135 Å². The topological polar surface area (TPSA) is 74.8 Å². The van der Waals surface area contributed by atoms with E-state index in [1.54, 1.807) is 9.58 Å². The summed E-state index contributed by atoms with van der Waals surface area (Å²) in [7, 11) is 0. The number of benzene rings is 1. The summed E-state index contributed by atoms with van der Waals surface area (Å²) in [5.41, 5.74) is 3.16. The predicted octanol–water partition coefficient (Wildman–Crippen LogP) is 2.26. The molecule has 6 nitrogen and oxygen atoms in total. The summed E-state index contributed by atoms with van der Waals surface area (Å²) in [5, 5.41) is 17.2. The Morgan fingerprint density at radius 2 is 2.04 bits per heavy atom. The van der Waals surface area contributed by atoms with Crippen LogP contribution in [-0.4, -0.2) is 38.9 Å². The maximum atomic E-state index is 12.7. The molecule has 0 saturated carbocycles. The average Bonchev–Trinajstić information content (AvgIpc) is 2.96. The lowest BCUT2D eigenvalue weighted by Crippen LogP contribution is -2.38. The van der Waals surface area contributed by atoms with Crippen LogP contribution in [0.4, 0.5) is 0 Å². The SMILES string of the molecule is Cc1cccc(-n2nnc(C(=O)N3CCC(C#N)CC3)c2C)c1. The maximum absolute atomic E-state index is 12.7. The Morgan fingerprint density at radius 3 is 2.70 bits per heavy atom. The van der Waals surface area contributed by atoms with Crippen LogP contribution >= 0.6 is 0 Å². The van der Waals surface area contributed by atoms with Gasteiger partial charge < -0.3 is 4.90 Å². The lowest BCUT2D eigenvalue weighted by atomic mass is 9.98. The van der Waals surface area contributed by atoms with Gasteiger partial charge in [-0.1, -0.05) is 17.3 Å². The monoisotopic (exact) mass is 309 g/mol. The lowest BCUT2D eigenvalue weighted by Gasteiger charge is -2.28. The van der Waals surface area contributed by atoms with E-state index in [9.17, 15) is 4.79 Å². The van der Waals surface area contributed by atoms with Gasteiger partial charge >= 0.3 is 0 Å². The molecule has 1 amide bonds. The molecule has 0 atom stereocenters. The molecule has 1 aliphatic rings. The zero-order valence-electron chi connectivity index (χ0n) is 13.4. The number of carbonyl (C=O) groups excluding carboxylic acids is 1. The van der Waals surface area contributed by atoms with Crippen LogP contribution in [0.15, 0.2) is 24.3 Å². The second-order valence-corrected chi connectivity index (χ2v) is 5.97. The van der Waals surface area contributed by atoms with Gasteiger partial charge in [0.15, 0.2) is 5.69 Å². The van der Waals surface area contributed by atoms with E-state index in [0.29, 0.717) is 18.8 Å². The number of likely N-dealkylation sites (tertiary alicyclic amines) is 1. The molecule has 1 fully saturated rings. The molecule has 0 bridgehead atoms. The number of hydrogen-bond acceptors (Lipinski definition) is 4. The van der Waals surface area contributed by atoms with Crippen molar-refractivity contribution in [1.82, 2.24) is 19.9 Å². The number of amides is 1. The van der Waals surface area contributed by atoms with Crippen molar-refractivity contribution in [2.24, 2.45) is 5.92 Å². The Balaban J connectivity index is 1.82. The summed E-state index contributed by atoms with van der Waals surface area (Å²) in [6, 6.07) is 10.2. The fraction of sp³-hybridized carbons (Fsp3) is 0.412. The van der Waals surface area contributed by atoms with Crippen LogP contribution in [0.25, 0.3) is 5.69 Å². The van der Waals surface area contributed by atoms with Crippen molar-refractivity contribution in [3.8, 4) is 11.8 Å². The quantitative estimate of drug-likeness (QED) is 0.853. The van der Waals surface area contributed by atoms with Crippen LogP contribution in [-0.2, 0) is 0 Å². The first-order valence-corrected chi connectivity index (χ1v) is 7.78. The summed E-state index contributed by atoms with van der Waals surface area (Å²) in [5.74, 6) is -0.0408. The van der Waals surface area contributed by atoms with Crippen LogP contribution in [0.5, 0.6) is 0 Å². The summed E-state index contributed by atoms with van der Waals surface area (Å²) in [6.07, 6.45) is 1.46. The van der Waals surface area contributed by atoms with E-state index in [1.807, 2.05) is 38.1 Å². The van der Waals surface area contributed by atoms with Crippen LogP contribution in [0, 0.1) is 31.1 Å². The van der Waals surface area contributed by atoms with Crippen LogP contribution in [0.3, 0.4) is 0 Å². The highest BCUT2D eigenvalue weighted by atomic mass is 16.2. The highest BCUT2D eigenvalue weighted by molar-refractivity contribution is 5.93. The molecule has 0 unspecified atom stereocenters. The summed E-state index contributed by atoms with van der Waals surface area (Å²) in [4.78, 5) is 14.4. The molecule has 2 aromatic rings. The van der Waals surface area contributed by atoms with E-state index in [2.05, 4.69) is 16.4 Å². The highest BCUT2D eigenvalue weighted by Crippen LogP contribution is 2.20. The molecule has 6 heteroatoms. The largest absolute Gasteiger partial charge is 0.337 e. The standard InChI is InChI=1S/C17H19N5O/c1-12-4-3-5-15(10-12)22-13(2)16(19-20-22)17(23)21-8-6-14(11-18)7-9-21/h3-5,10,14H,6-9H2,1-2H3. The molecule has 2 heterocycles. The molecule has 0 radical (unpaired) electrons. The molecular formula is C17H19N5O. The Hall–Kier alpha value is -2.68. The van der Waals surface area contributed by atoms with E-state index >= 15 is 0 Å². The first-order valence-electron chi connectivity index (χ1n) is 7.78. The first kappa shape index (κ1) is 15.2. The van der Waals surface area contributed by atoms with Crippen molar-refractivity contribution < 1.29 is 4.79 Å². The zero-order valence-corrected chi connectivity index (χ0v) is 13.4. The number of aromatic nitrogens is 3. The Bertz CT molecular complexity index is 766. The van der Waals surface area contributed by atoms with Crippen LogP contribution < -0.4 is 0 Å². The maximum Gasteiger partial charge on any atom is 0.276 e. The predicted molar refractivity (Wildman–Crippen MR) is 85.1 cm³/mol. The Kier molecular flexibility index (Phi) is 4.11. The van der Waals surface area contributed by atoms with Gasteiger partial charge in [-0.2, -0.15) is 5.26 Å². The number of piperidine rings is 1. The van der Waals surface area contributed by atoms with Gasteiger partial charge in [0.1, 0.15) is 0 Å². The number of nitriles is 1. The van der Waals surface area contributed by atoms with Crippen molar-refractivity contribution >= 4 is 5.91 Å². The van der Waals surface area contributed by atoms with Crippen molar-refractivity contribution in [3.63, 3.8) is 0 Å². The minimum Gasteiger partial charge on any atom is -0.337 e. The van der Waals surface area contributed by atoms with E-state index < -0.39 is 0 Å². The lowest BCUT2D eigenvalue weighted by molar-refractivity contribution is 0.0700. The number of rotatable bonds is 2. The molecule has 0 spiro atoms. The van der Waals surface area contributed by atoms with Gasteiger partial charge in [-0.3, -0.25) is 4.79 Å². The van der Waals surface area contributed by atoms with Gasteiger partial charge in [-0.15, -0.1) is 5.10 Å². The molecule has 118 valence electrons. The van der Waals surface area contributed by atoms with E-state index in [0.717, 1.165) is 29.8 Å². The third-order valence-corrected chi connectivity index (χ3v) is 4.31. The fourth-order valence-corrected chi connectivity index (χ4v) is 2.89.